The van der Waals surface area contributed by atoms with Gasteiger partial charge >= 0.3 is 0 Å². The van der Waals surface area contributed by atoms with Gasteiger partial charge in [0.15, 0.2) is 11.5 Å². The van der Waals surface area contributed by atoms with Crippen molar-refractivity contribution >= 4 is 23.4 Å². The standard InChI is InChI=1S/C25H25ClN2O4/c1-31-22-13-8-18(15-23(22)32-2)16-27-25(30)21(14-17-6-4-3-5-7-17)28-24(29)19-9-11-20(26)12-10-19/h3-13,15,21H,14,16H2,1-2H3,(H,27,30)(H,28,29). The molecule has 1 unspecified atom stereocenters. The van der Waals surface area contributed by atoms with Crippen LogP contribution in [0.1, 0.15) is 21.5 Å². The van der Waals surface area contributed by atoms with Crippen molar-refractivity contribution in [3.8, 4) is 11.5 Å². The summed E-state index contributed by atoms with van der Waals surface area (Å²) in [6.07, 6.45) is 0.359. The third-order valence-electron chi connectivity index (χ3n) is 4.93. The van der Waals surface area contributed by atoms with Gasteiger partial charge in [-0.1, -0.05) is 48.0 Å². The van der Waals surface area contributed by atoms with Crippen LogP contribution in [0.15, 0.2) is 72.8 Å². The van der Waals surface area contributed by atoms with Gasteiger partial charge in [0.25, 0.3) is 5.91 Å². The summed E-state index contributed by atoms with van der Waals surface area (Å²) < 4.78 is 10.6. The second-order valence-corrected chi connectivity index (χ2v) is 7.57. The summed E-state index contributed by atoms with van der Waals surface area (Å²) >= 11 is 5.91. The van der Waals surface area contributed by atoms with Crippen molar-refractivity contribution in [2.24, 2.45) is 0 Å². The lowest BCUT2D eigenvalue weighted by Gasteiger charge is -2.19. The molecule has 6 nitrogen and oxygen atoms in total. The summed E-state index contributed by atoms with van der Waals surface area (Å²) in [6, 6.07) is 20.7. The highest BCUT2D eigenvalue weighted by atomic mass is 35.5. The Balaban J connectivity index is 1.72. The van der Waals surface area contributed by atoms with E-state index < -0.39 is 6.04 Å². The zero-order chi connectivity index (χ0) is 22.9. The van der Waals surface area contributed by atoms with Gasteiger partial charge in [-0.05, 0) is 47.5 Å². The number of carbonyl (C=O) groups is 2. The minimum Gasteiger partial charge on any atom is -0.493 e. The molecule has 2 amide bonds. The molecule has 0 aliphatic carbocycles. The fourth-order valence-corrected chi connectivity index (χ4v) is 3.33. The van der Waals surface area contributed by atoms with Gasteiger partial charge in [-0.3, -0.25) is 9.59 Å². The monoisotopic (exact) mass is 452 g/mol. The molecular weight excluding hydrogens is 428 g/mol. The van der Waals surface area contributed by atoms with Crippen molar-refractivity contribution in [1.29, 1.82) is 0 Å². The fourth-order valence-electron chi connectivity index (χ4n) is 3.20. The minimum absolute atomic E-state index is 0.279. The predicted molar refractivity (Wildman–Crippen MR) is 124 cm³/mol. The van der Waals surface area contributed by atoms with Crippen molar-refractivity contribution < 1.29 is 19.1 Å². The Bertz CT molecular complexity index is 1060. The topological polar surface area (TPSA) is 76.7 Å². The van der Waals surface area contributed by atoms with E-state index in [4.69, 9.17) is 21.1 Å². The van der Waals surface area contributed by atoms with Crippen LogP contribution in [0, 0.1) is 0 Å². The summed E-state index contributed by atoms with van der Waals surface area (Å²) in [5.74, 6) is 0.561. The van der Waals surface area contributed by atoms with Crippen LogP contribution in [0.4, 0.5) is 0 Å². The molecule has 7 heteroatoms. The van der Waals surface area contributed by atoms with E-state index in [-0.39, 0.29) is 18.4 Å². The number of carbonyl (C=O) groups excluding carboxylic acids is 2. The molecule has 3 rings (SSSR count). The summed E-state index contributed by atoms with van der Waals surface area (Å²) in [5.41, 5.74) is 2.22. The Morgan fingerprint density at radius 3 is 2.22 bits per heavy atom. The van der Waals surface area contributed by atoms with Gasteiger partial charge in [0.05, 0.1) is 14.2 Å². The maximum absolute atomic E-state index is 13.0. The molecule has 0 aliphatic heterocycles. The number of methoxy groups -OCH3 is 2. The van der Waals surface area contributed by atoms with Gasteiger partial charge in [-0.15, -0.1) is 0 Å². The Morgan fingerprint density at radius 1 is 0.875 bits per heavy atom. The Kier molecular flexibility index (Phi) is 8.11. The van der Waals surface area contributed by atoms with Crippen LogP contribution >= 0.6 is 11.6 Å². The zero-order valence-electron chi connectivity index (χ0n) is 17.9. The first-order valence-electron chi connectivity index (χ1n) is 10.1. The maximum Gasteiger partial charge on any atom is 0.251 e. The van der Waals surface area contributed by atoms with Crippen LogP contribution in [-0.2, 0) is 17.8 Å². The summed E-state index contributed by atoms with van der Waals surface area (Å²) in [6.45, 7) is 0.279. The molecule has 0 aliphatic rings. The second kappa shape index (κ2) is 11.2. The molecule has 0 radical (unpaired) electrons. The Morgan fingerprint density at radius 2 is 1.56 bits per heavy atom. The second-order valence-electron chi connectivity index (χ2n) is 7.13. The summed E-state index contributed by atoms with van der Waals surface area (Å²) in [5, 5.41) is 6.28. The van der Waals surface area contributed by atoms with E-state index in [1.165, 1.54) is 0 Å². The number of amides is 2. The Labute approximate surface area is 192 Å². The van der Waals surface area contributed by atoms with Crippen LogP contribution in [0.3, 0.4) is 0 Å². The quantitative estimate of drug-likeness (QED) is 0.514. The first kappa shape index (κ1) is 23.2. The number of benzene rings is 3. The highest BCUT2D eigenvalue weighted by molar-refractivity contribution is 6.30. The van der Waals surface area contributed by atoms with Gasteiger partial charge < -0.3 is 20.1 Å². The van der Waals surface area contributed by atoms with Gasteiger partial charge in [-0.25, -0.2) is 0 Å². The van der Waals surface area contributed by atoms with Crippen molar-refractivity contribution in [3.05, 3.63) is 94.5 Å². The third kappa shape index (κ3) is 6.25. The van der Waals surface area contributed by atoms with Crippen molar-refractivity contribution in [2.45, 2.75) is 19.0 Å². The molecule has 166 valence electrons. The maximum atomic E-state index is 13.0. The SMILES string of the molecule is COc1ccc(CNC(=O)C(Cc2ccccc2)NC(=O)c2ccc(Cl)cc2)cc1OC. The third-order valence-corrected chi connectivity index (χ3v) is 5.18. The highest BCUT2D eigenvalue weighted by Gasteiger charge is 2.22. The summed E-state index contributed by atoms with van der Waals surface area (Å²) in [4.78, 5) is 25.7. The number of nitrogens with one attached hydrogen (secondary N) is 2. The average molecular weight is 453 g/mol. The summed E-state index contributed by atoms with van der Waals surface area (Å²) in [7, 11) is 3.12. The molecule has 0 aromatic heterocycles. The lowest BCUT2D eigenvalue weighted by Crippen LogP contribution is -2.47. The number of hydrogen-bond donors (Lipinski definition) is 2. The van der Waals surface area contributed by atoms with E-state index in [0.29, 0.717) is 28.5 Å². The lowest BCUT2D eigenvalue weighted by atomic mass is 10.0. The van der Waals surface area contributed by atoms with Crippen LogP contribution in [0.25, 0.3) is 0 Å². The van der Waals surface area contributed by atoms with Crippen molar-refractivity contribution in [1.82, 2.24) is 10.6 Å². The molecule has 0 heterocycles. The van der Waals surface area contributed by atoms with E-state index in [2.05, 4.69) is 10.6 Å². The van der Waals surface area contributed by atoms with Crippen molar-refractivity contribution in [3.63, 3.8) is 0 Å². The van der Waals surface area contributed by atoms with Gasteiger partial charge in [0, 0.05) is 23.6 Å². The molecule has 0 bridgehead atoms. The smallest absolute Gasteiger partial charge is 0.251 e. The number of rotatable bonds is 9. The molecular formula is C25H25ClN2O4. The van der Waals surface area contributed by atoms with Crippen LogP contribution in [0.5, 0.6) is 11.5 Å². The molecule has 0 fully saturated rings. The molecule has 0 saturated carbocycles. The van der Waals surface area contributed by atoms with Gasteiger partial charge in [-0.2, -0.15) is 0 Å². The van der Waals surface area contributed by atoms with E-state index in [0.717, 1.165) is 11.1 Å². The molecule has 3 aromatic rings. The normalized spacial score (nSPS) is 11.3. The number of halogens is 1. The van der Waals surface area contributed by atoms with Crippen LogP contribution in [-0.4, -0.2) is 32.1 Å². The first-order chi connectivity index (χ1) is 15.5. The lowest BCUT2D eigenvalue weighted by molar-refractivity contribution is -0.123. The first-order valence-corrected chi connectivity index (χ1v) is 10.5. The predicted octanol–water partition coefficient (Wildman–Crippen LogP) is 4.01. The molecule has 2 N–H and O–H groups in total. The van der Waals surface area contributed by atoms with Crippen molar-refractivity contribution in [2.75, 3.05) is 14.2 Å². The minimum atomic E-state index is -0.749. The largest absolute Gasteiger partial charge is 0.493 e. The van der Waals surface area contributed by atoms with E-state index in [1.807, 2.05) is 36.4 Å². The molecule has 0 spiro atoms. The van der Waals surface area contributed by atoms with Crippen LogP contribution in [0.2, 0.25) is 5.02 Å². The molecule has 3 aromatic carbocycles. The fraction of sp³-hybridized carbons (Fsp3) is 0.200. The van der Waals surface area contributed by atoms with E-state index in [9.17, 15) is 9.59 Å². The molecule has 1 atom stereocenters. The average Bonchev–Trinajstić information content (AvgIpc) is 2.82. The number of hydrogen-bond acceptors (Lipinski definition) is 4. The molecule has 0 saturated heterocycles. The van der Waals surface area contributed by atoms with Crippen LogP contribution < -0.4 is 20.1 Å². The highest BCUT2D eigenvalue weighted by Crippen LogP contribution is 2.27. The Hall–Kier alpha value is -3.51. The zero-order valence-corrected chi connectivity index (χ0v) is 18.7. The van der Waals surface area contributed by atoms with Gasteiger partial charge in [0.2, 0.25) is 5.91 Å². The number of ether oxygens (including phenoxy) is 2. The van der Waals surface area contributed by atoms with E-state index in [1.54, 1.807) is 50.6 Å². The van der Waals surface area contributed by atoms with E-state index >= 15 is 0 Å². The van der Waals surface area contributed by atoms with Gasteiger partial charge in [0.1, 0.15) is 6.04 Å². The molecule has 32 heavy (non-hydrogen) atoms.